The van der Waals surface area contributed by atoms with Gasteiger partial charge in [-0.25, -0.2) is 0 Å². The second kappa shape index (κ2) is 6.73. The maximum absolute atomic E-state index is 6.55. The lowest BCUT2D eigenvalue weighted by atomic mass is 9.80. The molecule has 0 amide bonds. The number of hydrogen-bond donors (Lipinski definition) is 1. The molecule has 1 unspecified atom stereocenters. The van der Waals surface area contributed by atoms with Gasteiger partial charge in [-0.05, 0) is 30.4 Å². The summed E-state index contributed by atoms with van der Waals surface area (Å²) in [6, 6.07) is 11.4. The van der Waals surface area contributed by atoms with E-state index >= 15 is 0 Å². The second-order valence-corrected chi connectivity index (χ2v) is 6.88. The molecule has 2 nitrogen and oxygen atoms in total. The van der Waals surface area contributed by atoms with Gasteiger partial charge in [0.2, 0.25) is 0 Å². The third-order valence-corrected chi connectivity index (χ3v) is 4.86. The van der Waals surface area contributed by atoms with Gasteiger partial charge in [0.25, 0.3) is 0 Å². The van der Waals surface area contributed by atoms with Gasteiger partial charge in [0.1, 0.15) is 0 Å². The molecule has 1 saturated carbocycles. The van der Waals surface area contributed by atoms with Gasteiger partial charge in [0.15, 0.2) is 0 Å². The first kappa shape index (κ1) is 15.5. The second-order valence-electron chi connectivity index (χ2n) is 6.88. The van der Waals surface area contributed by atoms with Crippen LogP contribution < -0.4 is 5.73 Å². The maximum atomic E-state index is 6.55. The van der Waals surface area contributed by atoms with Gasteiger partial charge in [0, 0.05) is 18.6 Å². The largest absolute Gasteiger partial charge is 0.323 e. The van der Waals surface area contributed by atoms with Crippen LogP contribution >= 0.6 is 0 Å². The van der Waals surface area contributed by atoms with Crippen molar-refractivity contribution in [2.45, 2.75) is 58.5 Å². The summed E-state index contributed by atoms with van der Waals surface area (Å²) in [5, 5.41) is 0. The Bertz CT molecular complexity index is 393. The number of hydrogen-bond acceptors (Lipinski definition) is 2. The maximum Gasteiger partial charge on any atom is 0.0359 e. The number of rotatable bonds is 6. The minimum atomic E-state index is 0.0964. The zero-order chi connectivity index (χ0) is 14.6. The van der Waals surface area contributed by atoms with Crippen LogP contribution in [0.1, 0.15) is 58.1 Å². The minimum Gasteiger partial charge on any atom is -0.323 e. The molecule has 0 aliphatic heterocycles. The molecule has 20 heavy (non-hydrogen) atoms. The molecule has 1 aromatic rings. The fourth-order valence-corrected chi connectivity index (χ4v) is 3.50. The topological polar surface area (TPSA) is 29.3 Å². The number of nitrogens with two attached hydrogens (primary N) is 1. The molecule has 2 rings (SSSR count). The average Bonchev–Trinajstić information content (AvgIpc) is 2.99. The quantitative estimate of drug-likeness (QED) is 0.850. The summed E-state index contributed by atoms with van der Waals surface area (Å²) in [4.78, 5) is 2.65. The fraction of sp³-hybridized carbons (Fsp3) is 0.667. The van der Waals surface area contributed by atoms with Crippen molar-refractivity contribution in [2.24, 2.45) is 11.1 Å². The van der Waals surface area contributed by atoms with Crippen LogP contribution in [0.25, 0.3) is 0 Å². The summed E-state index contributed by atoms with van der Waals surface area (Å²) >= 11 is 0. The SMILES string of the molecule is CCN(CC(C)(C)C(N)c1ccccc1)C1CCCC1. The summed E-state index contributed by atoms with van der Waals surface area (Å²) in [6.45, 7) is 9.12. The van der Waals surface area contributed by atoms with E-state index in [1.165, 1.54) is 31.2 Å². The molecule has 0 heterocycles. The normalized spacial score (nSPS) is 18.6. The van der Waals surface area contributed by atoms with Crippen LogP contribution in [0, 0.1) is 5.41 Å². The van der Waals surface area contributed by atoms with Crippen molar-refractivity contribution < 1.29 is 0 Å². The lowest BCUT2D eigenvalue weighted by molar-refractivity contribution is 0.118. The summed E-state index contributed by atoms with van der Waals surface area (Å²) in [5.74, 6) is 0. The van der Waals surface area contributed by atoms with Crippen LogP contribution in [0.3, 0.4) is 0 Å². The first-order chi connectivity index (χ1) is 9.54. The summed E-state index contributed by atoms with van der Waals surface area (Å²) in [6.07, 6.45) is 5.52. The molecular weight excluding hydrogens is 244 g/mol. The van der Waals surface area contributed by atoms with E-state index in [4.69, 9.17) is 5.73 Å². The number of benzene rings is 1. The van der Waals surface area contributed by atoms with Crippen LogP contribution in [-0.4, -0.2) is 24.0 Å². The molecule has 0 saturated heterocycles. The van der Waals surface area contributed by atoms with Crippen molar-refractivity contribution in [1.29, 1.82) is 0 Å². The lowest BCUT2D eigenvalue weighted by Crippen LogP contribution is -2.44. The third kappa shape index (κ3) is 3.62. The summed E-state index contributed by atoms with van der Waals surface area (Å²) in [5.41, 5.74) is 7.89. The van der Waals surface area contributed by atoms with E-state index in [9.17, 15) is 0 Å². The van der Waals surface area contributed by atoms with E-state index in [-0.39, 0.29) is 11.5 Å². The highest BCUT2D eigenvalue weighted by molar-refractivity contribution is 5.20. The Morgan fingerprint density at radius 2 is 1.80 bits per heavy atom. The molecule has 1 fully saturated rings. The first-order valence-electron chi connectivity index (χ1n) is 8.09. The average molecular weight is 274 g/mol. The monoisotopic (exact) mass is 274 g/mol. The van der Waals surface area contributed by atoms with Gasteiger partial charge in [-0.15, -0.1) is 0 Å². The highest BCUT2D eigenvalue weighted by Crippen LogP contribution is 2.34. The molecule has 1 aromatic carbocycles. The molecular formula is C18H30N2. The van der Waals surface area contributed by atoms with E-state index in [1.807, 2.05) is 0 Å². The Labute approximate surface area is 124 Å². The van der Waals surface area contributed by atoms with E-state index < -0.39 is 0 Å². The van der Waals surface area contributed by atoms with Crippen LogP contribution in [0.4, 0.5) is 0 Å². The molecule has 2 heteroatoms. The smallest absolute Gasteiger partial charge is 0.0359 e. The van der Waals surface area contributed by atoms with Gasteiger partial charge in [-0.1, -0.05) is 63.9 Å². The molecule has 0 aromatic heterocycles. The van der Waals surface area contributed by atoms with E-state index in [1.54, 1.807) is 0 Å². The van der Waals surface area contributed by atoms with Crippen LogP contribution in [0.2, 0.25) is 0 Å². The summed E-state index contributed by atoms with van der Waals surface area (Å²) in [7, 11) is 0. The molecule has 1 atom stereocenters. The first-order valence-corrected chi connectivity index (χ1v) is 8.09. The molecule has 0 bridgehead atoms. The number of nitrogens with zero attached hydrogens (tertiary/aromatic N) is 1. The Balaban J connectivity index is 2.04. The van der Waals surface area contributed by atoms with Crippen molar-refractivity contribution in [3.05, 3.63) is 35.9 Å². The van der Waals surface area contributed by atoms with Gasteiger partial charge < -0.3 is 10.6 Å². The standard InChI is InChI=1S/C18H30N2/c1-4-20(16-12-8-9-13-16)14-18(2,3)17(19)15-10-6-5-7-11-15/h5-7,10-11,16-17H,4,8-9,12-14,19H2,1-3H3. The molecule has 1 aliphatic carbocycles. The minimum absolute atomic E-state index is 0.0964. The van der Waals surface area contributed by atoms with Crippen LogP contribution in [0.15, 0.2) is 30.3 Å². The predicted molar refractivity (Wildman–Crippen MR) is 86.7 cm³/mol. The van der Waals surface area contributed by atoms with Gasteiger partial charge in [0.05, 0.1) is 0 Å². The zero-order valence-electron chi connectivity index (χ0n) is 13.3. The van der Waals surface area contributed by atoms with E-state index in [2.05, 4.69) is 56.0 Å². The van der Waals surface area contributed by atoms with E-state index in [0.717, 1.165) is 19.1 Å². The van der Waals surface area contributed by atoms with Crippen molar-refractivity contribution in [3.63, 3.8) is 0 Å². The van der Waals surface area contributed by atoms with E-state index in [0.29, 0.717) is 0 Å². The van der Waals surface area contributed by atoms with Crippen molar-refractivity contribution in [1.82, 2.24) is 4.90 Å². The predicted octanol–water partition coefficient (Wildman–Crippen LogP) is 3.98. The molecule has 0 radical (unpaired) electrons. The Kier molecular flexibility index (Phi) is 5.22. The van der Waals surface area contributed by atoms with Crippen molar-refractivity contribution in [2.75, 3.05) is 13.1 Å². The highest BCUT2D eigenvalue weighted by Gasteiger charge is 2.32. The van der Waals surface area contributed by atoms with Crippen LogP contribution in [-0.2, 0) is 0 Å². The zero-order valence-corrected chi connectivity index (χ0v) is 13.3. The Morgan fingerprint density at radius 3 is 2.35 bits per heavy atom. The fourth-order valence-electron chi connectivity index (χ4n) is 3.50. The third-order valence-electron chi connectivity index (χ3n) is 4.86. The lowest BCUT2D eigenvalue weighted by Gasteiger charge is -2.39. The highest BCUT2D eigenvalue weighted by atomic mass is 15.2. The summed E-state index contributed by atoms with van der Waals surface area (Å²) < 4.78 is 0. The van der Waals surface area contributed by atoms with Crippen molar-refractivity contribution in [3.8, 4) is 0 Å². The Morgan fingerprint density at radius 1 is 1.20 bits per heavy atom. The van der Waals surface area contributed by atoms with Crippen LogP contribution in [0.5, 0.6) is 0 Å². The Hall–Kier alpha value is -0.860. The van der Waals surface area contributed by atoms with Gasteiger partial charge in [-0.2, -0.15) is 0 Å². The molecule has 112 valence electrons. The van der Waals surface area contributed by atoms with Crippen molar-refractivity contribution >= 4 is 0 Å². The van der Waals surface area contributed by atoms with Gasteiger partial charge in [-0.3, -0.25) is 0 Å². The molecule has 1 aliphatic rings. The van der Waals surface area contributed by atoms with Gasteiger partial charge >= 0.3 is 0 Å². The molecule has 2 N–H and O–H groups in total. The molecule has 0 spiro atoms.